The Hall–Kier alpha value is -1.48. The fraction of sp³-hybridized carbons (Fsp3) is 0.467. The van der Waals surface area contributed by atoms with E-state index in [0.717, 1.165) is 18.5 Å². The summed E-state index contributed by atoms with van der Waals surface area (Å²) in [5.74, 6) is 0.600. The van der Waals surface area contributed by atoms with E-state index >= 15 is 0 Å². The lowest BCUT2D eigenvalue weighted by atomic mass is 10.1. The largest absolute Gasteiger partial charge is 0.474 e. The molecule has 18 heavy (non-hydrogen) atoms. The number of hydrogen-bond acceptors (Lipinski definition) is 3. The van der Waals surface area contributed by atoms with E-state index in [9.17, 15) is 0 Å². The quantitative estimate of drug-likeness (QED) is 0.761. The first-order chi connectivity index (χ1) is 8.38. The van der Waals surface area contributed by atoms with Gasteiger partial charge in [-0.3, -0.25) is 0 Å². The van der Waals surface area contributed by atoms with Crippen LogP contribution in [0, 0.1) is 0 Å². The van der Waals surface area contributed by atoms with Crippen LogP contribution in [0.15, 0.2) is 42.8 Å². The highest BCUT2D eigenvalue weighted by atomic mass is 16.5. The third-order valence-corrected chi connectivity index (χ3v) is 2.43. The van der Waals surface area contributed by atoms with Gasteiger partial charge in [-0.15, -0.1) is 0 Å². The summed E-state index contributed by atoms with van der Waals surface area (Å²) < 4.78 is 5.58. The molecule has 0 bridgehead atoms. The van der Waals surface area contributed by atoms with Crippen LogP contribution >= 0.6 is 0 Å². The van der Waals surface area contributed by atoms with E-state index in [0.29, 0.717) is 5.88 Å². The van der Waals surface area contributed by atoms with Gasteiger partial charge in [0.05, 0.1) is 0 Å². The molecule has 0 radical (unpaired) electrons. The SMILES string of the molecule is C=C(NCC[C@@H](N)c1ccccc1)OC(C)(C)C. The Morgan fingerprint density at radius 2 is 1.94 bits per heavy atom. The van der Waals surface area contributed by atoms with Gasteiger partial charge in [-0.05, 0) is 39.3 Å². The molecule has 3 N–H and O–H groups in total. The molecule has 1 rings (SSSR count). The summed E-state index contributed by atoms with van der Waals surface area (Å²) in [6, 6.07) is 10.1. The van der Waals surface area contributed by atoms with Gasteiger partial charge in [-0.1, -0.05) is 30.3 Å². The summed E-state index contributed by atoms with van der Waals surface area (Å²) in [5.41, 5.74) is 7.04. The van der Waals surface area contributed by atoms with Crippen molar-refractivity contribution < 1.29 is 4.74 Å². The second-order valence-corrected chi connectivity index (χ2v) is 5.37. The number of hydrogen-bond donors (Lipinski definition) is 2. The molecule has 0 amide bonds. The van der Waals surface area contributed by atoms with E-state index in [1.165, 1.54) is 0 Å². The Kier molecular flexibility index (Phi) is 5.23. The summed E-state index contributed by atoms with van der Waals surface area (Å²) in [5, 5.41) is 3.14. The van der Waals surface area contributed by atoms with Crippen LogP contribution in [0.3, 0.4) is 0 Å². The Morgan fingerprint density at radius 1 is 1.33 bits per heavy atom. The highest BCUT2D eigenvalue weighted by Gasteiger charge is 2.12. The van der Waals surface area contributed by atoms with Crippen molar-refractivity contribution in [2.75, 3.05) is 6.54 Å². The third kappa shape index (κ3) is 5.73. The van der Waals surface area contributed by atoms with Crippen LogP contribution in [-0.4, -0.2) is 12.1 Å². The van der Waals surface area contributed by atoms with Crippen molar-refractivity contribution in [1.29, 1.82) is 0 Å². The highest BCUT2D eigenvalue weighted by Crippen LogP contribution is 2.13. The summed E-state index contributed by atoms with van der Waals surface area (Å²) in [7, 11) is 0. The summed E-state index contributed by atoms with van der Waals surface area (Å²) in [6.45, 7) is 10.6. The third-order valence-electron chi connectivity index (χ3n) is 2.43. The number of benzene rings is 1. The van der Waals surface area contributed by atoms with Gasteiger partial charge >= 0.3 is 0 Å². The van der Waals surface area contributed by atoms with Crippen LogP contribution in [0.1, 0.15) is 38.8 Å². The van der Waals surface area contributed by atoms with Crippen molar-refractivity contribution >= 4 is 0 Å². The molecule has 0 fully saturated rings. The molecule has 1 atom stereocenters. The summed E-state index contributed by atoms with van der Waals surface area (Å²) in [6.07, 6.45) is 0.844. The second kappa shape index (κ2) is 6.45. The van der Waals surface area contributed by atoms with Crippen LogP contribution in [0.25, 0.3) is 0 Å². The lowest BCUT2D eigenvalue weighted by Crippen LogP contribution is -2.27. The van der Waals surface area contributed by atoms with Crippen LogP contribution in [0.5, 0.6) is 0 Å². The molecule has 0 aliphatic carbocycles. The maximum atomic E-state index is 6.10. The van der Waals surface area contributed by atoms with Crippen molar-refractivity contribution in [2.45, 2.75) is 38.8 Å². The minimum absolute atomic E-state index is 0.0427. The topological polar surface area (TPSA) is 47.3 Å². The fourth-order valence-corrected chi connectivity index (χ4v) is 1.64. The molecule has 3 heteroatoms. The van der Waals surface area contributed by atoms with Crippen LogP contribution in [0.4, 0.5) is 0 Å². The van der Waals surface area contributed by atoms with E-state index in [2.05, 4.69) is 11.9 Å². The zero-order chi connectivity index (χ0) is 13.6. The molecule has 0 aromatic heterocycles. The van der Waals surface area contributed by atoms with Crippen LogP contribution in [-0.2, 0) is 4.74 Å². The molecule has 0 heterocycles. The number of nitrogens with one attached hydrogen (secondary N) is 1. The highest BCUT2D eigenvalue weighted by molar-refractivity contribution is 5.18. The molecule has 0 spiro atoms. The molecule has 1 aromatic rings. The van der Waals surface area contributed by atoms with Gasteiger partial charge < -0.3 is 15.8 Å². The van der Waals surface area contributed by atoms with Gasteiger partial charge in [-0.25, -0.2) is 0 Å². The maximum Gasteiger partial charge on any atom is 0.179 e. The lowest BCUT2D eigenvalue weighted by molar-refractivity contribution is 0.0414. The minimum Gasteiger partial charge on any atom is -0.474 e. The van der Waals surface area contributed by atoms with Gasteiger partial charge in [0.15, 0.2) is 5.88 Å². The van der Waals surface area contributed by atoms with E-state index in [1.54, 1.807) is 0 Å². The number of ether oxygens (including phenoxy) is 1. The molecule has 0 aliphatic heterocycles. The Morgan fingerprint density at radius 3 is 2.50 bits per heavy atom. The van der Waals surface area contributed by atoms with Crippen LogP contribution in [0.2, 0.25) is 0 Å². The van der Waals surface area contributed by atoms with E-state index < -0.39 is 0 Å². The first kappa shape index (κ1) is 14.6. The summed E-state index contributed by atoms with van der Waals surface area (Å²) in [4.78, 5) is 0. The number of rotatable bonds is 6. The van der Waals surface area contributed by atoms with Crippen molar-refractivity contribution in [1.82, 2.24) is 5.32 Å². The molecule has 0 saturated carbocycles. The van der Waals surface area contributed by atoms with E-state index in [4.69, 9.17) is 10.5 Å². The average Bonchev–Trinajstić information content (AvgIpc) is 2.27. The van der Waals surface area contributed by atoms with Gasteiger partial charge in [0.2, 0.25) is 0 Å². The van der Waals surface area contributed by atoms with Gasteiger partial charge in [0, 0.05) is 12.6 Å². The van der Waals surface area contributed by atoms with E-state index in [-0.39, 0.29) is 11.6 Å². The smallest absolute Gasteiger partial charge is 0.179 e. The predicted octanol–water partition coefficient (Wildman–Crippen LogP) is 2.95. The second-order valence-electron chi connectivity index (χ2n) is 5.37. The Labute approximate surface area is 110 Å². The molecule has 100 valence electrons. The Bertz CT molecular complexity index is 368. The predicted molar refractivity (Wildman–Crippen MR) is 76.0 cm³/mol. The molecule has 3 nitrogen and oxygen atoms in total. The first-order valence-electron chi connectivity index (χ1n) is 6.31. The van der Waals surface area contributed by atoms with Gasteiger partial charge in [0.25, 0.3) is 0 Å². The summed E-state index contributed by atoms with van der Waals surface area (Å²) >= 11 is 0. The van der Waals surface area contributed by atoms with Gasteiger partial charge in [0.1, 0.15) is 5.60 Å². The average molecular weight is 248 g/mol. The maximum absolute atomic E-state index is 6.10. The molecular formula is C15H24N2O. The Balaban J connectivity index is 2.28. The van der Waals surface area contributed by atoms with Gasteiger partial charge in [-0.2, -0.15) is 0 Å². The molecule has 0 saturated heterocycles. The van der Waals surface area contributed by atoms with Crippen molar-refractivity contribution in [3.8, 4) is 0 Å². The van der Waals surface area contributed by atoms with E-state index in [1.807, 2.05) is 51.1 Å². The molecule has 0 aliphatic rings. The minimum atomic E-state index is -0.217. The lowest BCUT2D eigenvalue weighted by Gasteiger charge is -2.23. The first-order valence-corrected chi connectivity index (χ1v) is 6.31. The van der Waals surface area contributed by atoms with Crippen molar-refractivity contribution in [3.05, 3.63) is 48.4 Å². The standard InChI is InChI=1S/C15H24N2O/c1-12(18-15(2,3)4)17-11-10-14(16)13-8-6-5-7-9-13/h5-9,14,17H,1,10-11,16H2,2-4H3/t14-/m1/s1. The van der Waals surface area contributed by atoms with Crippen molar-refractivity contribution in [3.63, 3.8) is 0 Å². The van der Waals surface area contributed by atoms with Crippen LogP contribution < -0.4 is 11.1 Å². The molecular weight excluding hydrogens is 224 g/mol. The normalized spacial score (nSPS) is 12.9. The zero-order valence-electron chi connectivity index (χ0n) is 11.6. The molecule has 1 aromatic carbocycles. The zero-order valence-corrected chi connectivity index (χ0v) is 11.6. The molecule has 0 unspecified atom stereocenters. The van der Waals surface area contributed by atoms with Crippen molar-refractivity contribution in [2.24, 2.45) is 5.73 Å². The number of nitrogens with two attached hydrogens (primary N) is 1. The monoisotopic (exact) mass is 248 g/mol. The fourth-order valence-electron chi connectivity index (χ4n) is 1.64.